The van der Waals surface area contributed by atoms with Gasteiger partial charge >= 0.3 is 0 Å². The average Bonchev–Trinajstić information content (AvgIpc) is 3.86. The highest BCUT2D eigenvalue weighted by molar-refractivity contribution is 7.18. The molecule has 1 nitrogen and oxygen atoms in total. The lowest BCUT2D eigenvalue weighted by Crippen LogP contribution is -2.30. The van der Waals surface area contributed by atoms with Gasteiger partial charge in [0.15, 0.2) is 0 Å². The summed E-state index contributed by atoms with van der Waals surface area (Å²) in [6.07, 6.45) is 8.02. The van der Waals surface area contributed by atoms with Gasteiger partial charge in [0.1, 0.15) is 0 Å². The van der Waals surface area contributed by atoms with Crippen molar-refractivity contribution >= 4 is 39.6 Å². The zero-order valence-electron chi connectivity index (χ0n) is 25.9. The Morgan fingerprint density at radius 2 is 0.809 bits per heavy atom. The normalized spacial score (nSPS) is 14.1. The van der Waals surface area contributed by atoms with Crippen LogP contribution in [-0.2, 0) is 0 Å². The van der Waals surface area contributed by atoms with E-state index in [1.165, 1.54) is 64.3 Å². The van der Waals surface area contributed by atoms with Crippen molar-refractivity contribution in [3.8, 4) is 42.4 Å². The second-order valence-electron chi connectivity index (χ2n) is 11.7. The van der Waals surface area contributed by atoms with Gasteiger partial charge in [-0.3, -0.25) is 0 Å². The standard InChI is InChI=1S/C44H33NS2/c1-4-10-32(11-5-1)33-16-22-38(23-17-33)45(39-24-18-36(19-25-39)43-30-28-41(46-43)34-12-6-2-7-13-34)40-26-20-37(21-27-40)44-31-29-42(47-44)35-14-8-3-9-15-35/h1-26,28-31,40H,27H2. The van der Waals surface area contributed by atoms with Crippen LogP contribution in [0.4, 0.5) is 11.4 Å². The highest BCUT2D eigenvalue weighted by Crippen LogP contribution is 2.39. The molecule has 0 saturated carbocycles. The molecule has 0 spiro atoms. The van der Waals surface area contributed by atoms with Crippen molar-refractivity contribution in [3.63, 3.8) is 0 Å². The molecular formula is C44H33NS2. The van der Waals surface area contributed by atoms with E-state index in [4.69, 9.17) is 0 Å². The molecule has 1 aliphatic rings. The predicted octanol–water partition coefficient (Wildman–Crippen LogP) is 13.0. The van der Waals surface area contributed by atoms with Crippen LogP contribution in [0.1, 0.15) is 11.3 Å². The highest BCUT2D eigenvalue weighted by Gasteiger charge is 2.21. The Labute approximate surface area is 285 Å². The lowest BCUT2D eigenvalue weighted by Gasteiger charge is -2.33. The number of rotatable bonds is 8. The van der Waals surface area contributed by atoms with Crippen LogP contribution < -0.4 is 4.90 Å². The predicted molar refractivity (Wildman–Crippen MR) is 204 cm³/mol. The third kappa shape index (κ3) is 6.29. The molecule has 1 unspecified atom stereocenters. The molecule has 0 saturated heterocycles. The van der Waals surface area contributed by atoms with Gasteiger partial charge in [-0.25, -0.2) is 0 Å². The largest absolute Gasteiger partial charge is 0.334 e. The smallest absolute Gasteiger partial charge is 0.0560 e. The van der Waals surface area contributed by atoms with Gasteiger partial charge in [-0.15, -0.1) is 22.7 Å². The zero-order chi connectivity index (χ0) is 31.4. The summed E-state index contributed by atoms with van der Waals surface area (Å²) in [4.78, 5) is 7.67. The fourth-order valence-corrected chi connectivity index (χ4v) is 8.30. The summed E-state index contributed by atoms with van der Waals surface area (Å²) >= 11 is 3.71. The maximum absolute atomic E-state index is 2.48. The van der Waals surface area contributed by atoms with Crippen LogP contribution >= 0.6 is 22.7 Å². The Kier molecular flexibility index (Phi) is 8.23. The summed E-state index contributed by atoms with van der Waals surface area (Å²) in [7, 11) is 0. The van der Waals surface area contributed by atoms with Crippen molar-refractivity contribution in [1.82, 2.24) is 0 Å². The molecule has 0 fully saturated rings. The highest BCUT2D eigenvalue weighted by atomic mass is 32.1. The van der Waals surface area contributed by atoms with E-state index in [0.717, 1.165) is 6.42 Å². The fraction of sp³-hybridized carbons (Fsp3) is 0.0455. The molecule has 5 aromatic carbocycles. The molecule has 0 radical (unpaired) electrons. The van der Waals surface area contributed by atoms with E-state index in [0.29, 0.717) is 0 Å². The SMILES string of the molecule is C1=CC(N(c2ccc(-c3ccccc3)cc2)c2ccc(-c3ccc(-c4ccccc4)s3)cc2)CC=C1c1ccc(-c2ccccc2)s1. The second-order valence-corrected chi connectivity index (χ2v) is 13.9. The van der Waals surface area contributed by atoms with E-state index in [9.17, 15) is 0 Å². The third-order valence-corrected chi connectivity index (χ3v) is 11.1. The fourth-order valence-electron chi connectivity index (χ4n) is 6.25. The number of allylic oxidation sites excluding steroid dienone is 2. The maximum atomic E-state index is 2.48. The van der Waals surface area contributed by atoms with Crippen LogP contribution in [-0.4, -0.2) is 6.04 Å². The average molecular weight is 640 g/mol. The number of benzene rings is 5. The topological polar surface area (TPSA) is 3.24 Å². The van der Waals surface area contributed by atoms with Crippen molar-refractivity contribution in [2.24, 2.45) is 0 Å². The van der Waals surface area contributed by atoms with E-state index in [1.807, 2.05) is 22.7 Å². The molecular weight excluding hydrogens is 607 g/mol. The summed E-state index contributed by atoms with van der Waals surface area (Å²) in [5, 5.41) is 0. The van der Waals surface area contributed by atoms with E-state index in [-0.39, 0.29) is 6.04 Å². The van der Waals surface area contributed by atoms with E-state index < -0.39 is 0 Å². The summed E-state index contributed by atoms with van der Waals surface area (Å²) in [6, 6.07) is 59.2. The van der Waals surface area contributed by atoms with Gasteiger partial charge in [0, 0.05) is 30.9 Å². The third-order valence-electron chi connectivity index (χ3n) is 8.70. The maximum Gasteiger partial charge on any atom is 0.0560 e. The Morgan fingerprint density at radius 3 is 1.30 bits per heavy atom. The molecule has 2 aromatic heterocycles. The van der Waals surface area contributed by atoms with E-state index in [2.05, 4.69) is 187 Å². The van der Waals surface area contributed by atoms with Crippen LogP contribution in [0, 0.1) is 0 Å². The molecule has 2 heterocycles. The van der Waals surface area contributed by atoms with Gasteiger partial charge in [-0.05, 0) is 88.3 Å². The van der Waals surface area contributed by atoms with Crippen molar-refractivity contribution in [1.29, 1.82) is 0 Å². The minimum atomic E-state index is 0.201. The molecule has 8 rings (SSSR count). The van der Waals surface area contributed by atoms with E-state index >= 15 is 0 Å². The van der Waals surface area contributed by atoms with Gasteiger partial charge in [-0.2, -0.15) is 0 Å². The molecule has 1 aliphatic carbocycles. The molecule has 0 amide bonds. The lowest BCUT2D eigenvalue weighted by molar-refractivity contribution is 0.787. The Hall–Kier alpha value is -5.22. The Morgan fingerprint density at radius 1 is 0.404 bits per heavy atom. The first kappa shape index (κ1) is 29.2. The van der Waals surface area contributed by atoms with Crippen molar-refractivity contribution in [2.75, 3.05) is 4.90 Å². The molecule has 0 N–H and O–H groups in total. The first-order chi connectivity index (χ1) is 23.3. The van der Waals surface area contributed by atoms with Crippen LogP contribution in [0.15, 0.2) is 182 Å². The Balaban J connectivity index is 1.08. The molecule has 0 bridgehead atoms. The molecule has 7 aromatic rings. The summed E-state index contributed by atoms with van der Waals surface area (Å²) in [6.45, 7) is 0. The number of nitrogens with zero attached hydrogens (tertiary/aromatic N) is 1. The molecule has 1 atom stereocenters. The van der Waals surface area contributed by atoms with Crippen molar-refractivity contribution in [2.45, 2.75) is 12.5 Å². The van der Waals surface area contributed by atoms with Gasteiger partial charge in [0.2, 0.25) is 0 Å². The second kappa shape index (κ2) is 13.3. The number of hydrogen-bond donors (Lipinski definition) is 0. The van der Waals surface area contributed by atoms with Crippen LogP contribution in [0.25, 0.3) is 48.0 Å². The van der Waals surface area contributed by atoms with Gasteiger partial charge in [0.05, 0.1) is 6.04 Å². The van der Waals surface area contributed by atoms with Crippen LogP contribution in [0.5, 0.6) is 0 Å². The molecule has 0 aliphatic heterocycles. The van der Waals surface area contributed by atoms with Crippen molar-refractivity contribution in [3.05, 3.63) is 187 Å². The monoisotopic (exact) mass is 639 g/mol. The van der Waals surface area contributed by atoms with Gasteiger partial charge in [-0.1, -0.05) is 133 Å². The molecule has 3 heteroatoms. The lowest BCUT2D eigenvalue weighted by atomic mass is 9.98. The van der Waals surface area contributed by atoms with Crippen LogP contribution in [0.2, 0.25) is 0 Å². The van der Waals surface area contributed by atoms with Gasteiger partial charge < -0.3 is 4.90 Å². The Bertz CT molecular complexity index is 2140. The molecule has 47 heavy (non-hydrogen) atoms. The first-order valence-electron chi connectivity index (χ1n) is 16.0. The zero-order valence-corrected chi connectivity index (χ0v) is 27.5. The van der Waals surface area contributed by atoms with Crippen molar-refractivity contribution < 1.29 is 0 Å². The summed E-state index contributed by atoms with van der Waals surface area (Å²) in [5.41, 5.74) is 9.92. The number of thiophene rings is 2. The molecule has 226 valence electrons. The summed E-state index contributed by atoms with van der Waals surface area (Å²) < 4.78 is 0. The first-order valence-corrected chi connectivity index (χ1v) is 17.7. The number of anilines is 2. The van der Waals surface area contributed by atoms with Crippen LogP contribution in [0.3, 0.4) is 0 Å². The quantitative estimate of drug-likeness (QED) is 0.160. The minimum Gasteiger partial charge on any atom is -0.334 e. The number of hydrogen-bond acceptors (Lipinski definition) is 3. The van der Waals surface area contributed by atoms with E-state index in [1.54, 1.807) is 0 Å². The summed E-state index contributed by atoms with van der Waals surface area (Å²) in [5.74, 6) is 0. The van der Waals surface area contributed by atoms with Gasteiger partial charge in [0.25, 0.3) is 0 Å². The minimum absolute atomic E-state index is 0.201.